The number of rotatable bonds is 4. The van der Waals surface area contributed by atoms with Gasteiger partial charge in [0.1, 0.15) is 6.54 Å². The molecule has 1 aliphatic heterocycles. The average Bonchev–Trinajstić information content (AvgIpc) is 2.53. The van der Waals surface area contributed by atoms with Gasteiger partial charge in [0, 0.05) is 25.7 Å². The van der Waals surface area contributed by atoms with Gasteiger partial charge in [0.05, 0.1) is 0 Å². The lowest BCUT2D eigenvalue weighted by molar-refractivity contribution is -0.132. The molecule has 120 valence electrons. The Kier molecular flexibility index (Phi) is 5.58. The minimum absolute atomic E-state index is 0.0495. The lowest BCUT2D eigenvalue weighted by Crippen LogP contribution is -2.44. The molecule has 4 nitrogen and oxygen atoms in total. The Morgan fingerprint density at radius 1 is 1.14 bits per heavy atom. The van der Waals surface area contributed by atoms with Gasteiger partial charge in [-0.3, -0.25) is 9.59 Å². The summed E-state index contributed by atoms with van der Waals surface area (Å²) in [7, 11) is 0. The molecule has 0 saturated carbocycles. The number of carbonyl (C=O) groups is 2. The fraction of sp³-hybridized carbons (Fsp3) is 0.556. The van der Waals surface area contributed by atoms with Crippen LogP contribution in [0.2, 0.25) is 0 Å². The maximum absolute atomic E-state index is 12.5. The van der Waals surface area contributed by atoms with Crippen LogP contribution in [0.3, 0.4) is 0 Å². The Balaban J connectivity index is 2.20. The number of anilines is 1. The fourth-order valence-corrected chi connectivity index (χ4v) is 2.97. The highest BCUT2D eigenvalue weighted by Crippen LogP contribution is 2.27. The molecule has 0 aromatic heterocycles. The maximum atomic E-state index is 12.5. The Morgan fingerprint density at radius 3 is 2.36 bits per heavy atom. The third-order valence-electron chi connectivity index (χ3n) is 4.23. The van der Waals surface area contributed by atoms with Gasteiger partial charge in [-0.15, -0.1) is 0 Å². The highest BCUT2D eigenvalue weighted by Gasteiger charge is 2.23. The monoisotopic (exact) mass is 302 g/mol. The van der Waals surface area contributed by atoms with Crippen LogP contribution < -0.4 is 4.90 Å². The van der Waals surface area contributed by atoms with Crippen LogP contribution in [0.4, 0.5) is 5.69 Å². The van der Waals surface area contributed by atoms with Gasteiger partial charge in [0.25, 0.3) is 0 Å². The van der Waals surface area contributed by atoms with Crippen molar-refractivity contribution in [3.63, 3.8) is 0 Å². The van der Waals surface area contributed by atoms with Gasteiger partial charge in [-0.1, -0.05) is 32.0 Å². The zero-order chi connectivity index (χ0) is 16.1. The summed E-state index contributed by atoms with van der Waals surface area (Å²) in [5.41, 5.74) is 1.96. The molecule has 1 aromatic carbocycles. The number of hydrogen-bond donors (Lipinski definition) is 0. The van der Waals surface area contributed by atoms with E-state index in [-0.39, 0.29) is 18.4 Å². The molecule has 1 heterocycles. The molecule has 0 aliphatic carbocycles. The number of likely N-dealkylation sites (tertiary alicyclic amines) is 1. The van der Waals surface area contributed by atoms with E-state index in [4.69, 9.17) is 0 Å². The van der Waals surface area contributed by atoms with Crippen LogP contribution in [-0.2, 0) is 9.59 Å². The second kappa shape index (κ2) is 7.43. The summed E-state index contributed by atoms with van der Waals surface area (Å²) in [5.74, 6) is 0.273. The van der Waals surface area contributed by atoms with Crippen molar-refractivity contribution in [3.8, 4) is 0 Å². The van der Waals surface area contributed by atoms with Crippen LogP contribution in [0.15, 0.2) is 24.3 Å². The van der Waals surface area contributed by atoms with Crippen molar-refractivity contribution < 1.29 is 9.59 Å². The predicted octanol–water partition coefficient (Wildman–Crippen LogP) is 3.18. The molecular weight excluding hydrogens is 276 g/mol. The Hall–Kier alpha value is -1.84. The molecule has 0 atom stereocenters. The fourth-order valence-electron chi connectivity index (χ4n) is 2.97. The quantitative estimate of drug-likeness (QED) is 0.857. The molecule has 1 saturated heterocycles. The minimum atomic E-state index is -0.0848. The third kappa shape index (κ3) is 3.87. The van der Waals surface area contributed by atoms with Crippen molar-refractivity contribution in [2.45, 2.75) is 46.0 Å². The van der Waals surface area contributed by atoms with Gasteiger partial charge < -0.3 is 9.80 Å². The molecular formula is C18H26N2O2. The number of nitrogens with zero attached hydrogens (tertiary/aromatic N) is 2. The first-order valence-corrected chi connectivity index (χ1v) is 8.15. The van der Waals surface area contributed by atoms with E-state index >= 15 is 0 Å². The van der Waals surface area contributed by atoms with Crippen molar-refractivity contribution in [2.75, 3.05) is 24.5 Å². The van der Waals surface area contributed by atoms with E-state index in [1.54, 1.807) is 4.90 Å². The highest BCUT2D eigenvalue weighted by molar-refractivity contribution is 5.98. The summed E-state index contributed by atoms with van der Waals surface area (Å²) in [6.07, 6.45) is 3.32. The number of amides is 2. The van der Waals surface area contributed by atoms with Gasteiger partial charge in [-0.05, 0) is 36.8 Å². The molecule has 1 aromatic rings. The average molecular weight is 302 g/mol. The van der Waals surface area contributed by atoms with E-state index in [2.05, 4.69) is 13.8 Å². The molecule has 0 N–H and O–H groups in total. The number of hydrogen-bond acceptors (Lipinski definition) is 2. The van der Waals surface area contributed by atoms with Crippen LogP contribution >= 0.6 is 0 Å². The van der Waals surface area contributed by atoms with Gasteiger partial charge in [0.2, 0.25) is 11.8 Å². The van der Waals surface area contributed by atoms with Crippen molar-refractivity contribution in [2.24, 2.45) is 0 Å². The van der Waals surface area contributed by atoms with Gasteiger partial charge in [-0.2, -0.15) is 0 Å². The molecule has 2 rings (SSSR count). The van der Waals surface area contributed by atoms with Crippen molar-refractivity contribution >= 4 is 17.5 Å². The first-order valence-electron chi connectivity index (χ1n) is 8.15. The van der Waals surface area contributed by atoms with Gasteiger partial charge >= 0.3 is 0 Å². The van der Waals surface area contributed by atoms with Gasteiger partial charge in [0.15, 0.2) is 0 Å². The summed E-state index contributed by atoms with van der Waals surface area (Å²) in [5, 5.41) is 0. The SMILES string of the molecule is CC(=O)N(CC(=O)N1CCCCC1)c1ccccc1C(C)C. The van der Waals surface area contributed by atoms with Crippen molar-refractivity contribution in [1.82, 2.24) is 4.90 Å². The predicted molar refractivity (Wildman–Crippen MR) is 89.0 cm³/mol. The number of carbonyl (C=O) groups excluding carboxylic acids is 2. The number of benzene rings is 1. The van der Waals surface area contributed by atoms with E-state index in [1.165, 1.54) is 13.3 Å². The summed E-state index contributed by atoms with van der Waals surface area (Å²) < 4.78 is 0. The van der Waals surface area contributed by atoms with Crippen LogP contribution in [0.1, 0.15) is 51.5 Å². The molecule has 0 unspecified atom stereocenters. The molecule has 4 heteroatoms. The third-order valence-corrected chi connectivity index (χ3v) is 4.23. The van der Waals surface area contributed by atoms with E-state index in [0.717, 1.165) is 37.2 Å². The number of piperidine rings is 1. The van der Waals surface area contributed by atoms with E-state index < -0.39 is 0 Å². The van der Waals surface area contributed by atoms with Gasteiger partial charge in [-0.25, -0.2) is 0 Å². The minimum Gasteiger partial charge on any atom is -0.341 e. The van der Waals surface area contributed by atoms with Crippen LogP contribution in [0.25, 0.3) is 0 Å². The molecule has 22 heavy (non-hydrogen) atoms. The van der Waals surface area contributed by atoms with Crippen LogP contribution in [-0.4, -0.2) is 36.3 Å². The van der Waals surface area contributed by atoms with E-state index in [1.807, 2.05) is 29.2 Å². The Morgan fingerprint density at radius 2 is 1.77 bits per heavy atom. The van der Waals surface area contributed by atoms with Crippen LogP contribution in [0.5, 0.6) is 0 Å². The summed E-state index contributed by atoms with van der Waals surface area (Å²) in [4.78, 5) is 28.1. The first kappa shape index (κ1) is 16.5. The van der Waals surface area contributed by atoms with E-state index in [0.29, 0.717) is 5.92 Å². The molecule has 1 aliphatic rings. The largest absolute Gasteiger partial charge is 0.341 e. The lowest BCUT2D eigenvalue weighted by Gasteiger charge is -2.30. The van der Waals surface area contributed by atoms with Crippen LogP contribution in [0, 0.1) is 0 Å². The van der Waals surface area contributed by atoms with Crippen molar-refractivity contribution in [3.05, 3.63) is 29.8 Å². The lowest BCUT2D eigenvalue weighted by atomic mass is 10.0. The molecule has 0 spiro atoms. The molecule has 1 fully saturated rings. The standard InChI is InChI=1S/C18H26N2O2/c1-14(2)16-9-5-6-10-17(16)20(15(3)21)13-18(22)19-11-7-4-8-12-19/h5-6,9-10,14H,4,7-8,11-13H2,1-3H3. The Bertz CT molecular complexity index is 534. The summed E-state index contributed by atoms with van der Waals surface area (Å²) in [6, 6.07) is 7.85. The molecule has 0 radical (unpaired) electrons. The molecule has 0 bridgehead atoms. The topological polar surface area (TPSA) is 40.6 Å². The summed E-state index contributed by atoms with van der Waals surface area (Å²) >= 11 is 0. The zero-order valence-electron chi connectivity index (χ0n) is 13.8. The first-order chi connectivity index (χ1) is 10.5. The summed E-state index contributed by atoms with van der Waals surface area (Å²) in [6.45, 7) is 7.50. The zero-order valence-corrected chi connectivity index (χ0v) is 13.8. The Labute approximate surface area is 133 Å². The van der Waals surface area contributed by atoms with E-state index in [9.17, 15) is 9.59 Å². The normalized spacial score (nSPS) is 15.0. The second-order valence-electron chi connectivity index (χ2n) is 6.26. The highest BCUT2D eigenvalue weighted by atomic mass is 16.2. The van der Waals surface area contributed by atoms with Crippen molar-refractivity contribution in [1.29, 1.82) is 0 Å². The maximum Gasteiger partial charge on any atom is 0.242 e. The smallest absolute Gasteiger partial charge is 0.242 e. The number of para-hydroxylation sites is 1. The molecule has 2 amide bonds. The second-order valence-corrected chi connectivity index (χ2v) is 6.26.